The van der Waals surface area contributed by atoms with Gasteiger partial charge in [-0.3, -0.25) is 4.57 Å². The van der Waals surface area contributed by atoms with Crippen molar-refractivity contribution in [2.24, 2.45) is 0 Å². The first-order valence-electron chi connectivity index (χ1n) is 12.5. The number of anilines is 1. The van der Waals surface area contributed by atoms with E-state index in [2.05, 4.69) is 26.2 Å². The number of aliphatic carboxylic acids is 1. The van der Waals surface area contributed by atoms with E-state index in [1.807, 2.05) is 24.3 Å². The predicted molar refractivity (Wildman–Crippen MR) is 150 cm³/mol. The zero-order valence-corrected chi connectivity index (χ0v) is 22.9. The molecule has 1 saturated heterocycles. The third kappa shape index (κ3) is 5.85. The second-order valence-corrected chi connectivity index (χ2v) is 10.1. The van der Waals surface area contributed by atoms with Gasteiger partial charge in [-0.25, -0.2) is 9.78 Å². The van der Waals surface area contributed by atoms with Gasteiger partial charge in [0.15, 0.2) is 34.9 Å². The lowest BCUT2D eigenvalue weighted by Gasteiger charge is -2.26. The van der Waals surface area contributed by atoms with Crippen molar-refractivity contribution in [3.63, 3.8) is 0 Å². The number of hydrogen-bond donors (Lipinski definition) is 4. The van der Waals surface area contributed by atoms with Crippen molar-refractivity contribution in [2.75, 3.05) is 11.9 Å². The van der Waals surface area contributed by atoms with Gasteiger partial charge in [-0.15, -0.1) is 6.42 Å². The molecule has 0 spiro atoms. The minimum atomic E-state index is -2.21. The number of carbonyl (C=O) groups is 1. The molecule has 1 unspecified atom stereocenters. The topological polar surface area (TPSA) is 152 Å². The lowest BCUT2D eigenvalue weighted by Crippen LogP contribution is -2.48. The van der Waals surface area contributed by atoms with E-state index in [1.54, 1.807) is 30.3 Å². The van der Waals surface area contributed by atoms with Crippen molar-refractivity contribution in [1.29, 1.82) is 0 Å². The summed E-state index contributed by atoms with van der Waals surface area (Å²) in [4.78, 5) is 24.7. The summed E-state index contributed by atoms with van der Waals surface area (Å²) in [5, 5.41) is 35.6. The predicted octanol–water partition coefficient (Wildman–Crippen LogP) is 3.08. The second kappa shape index (κ2) is 12.0. The molecule has 4 aromatic rings. The number of fused-ring (bicyclic) bond motifs is 1. The minimum Gasteiger partial charge on any atom is -0.479 e. The van der Waals surface area contributed by atoms with E-state index in [1.165, 1.54) is 10.9 Å². The summed E-state index contributed by atoms with van der Waals surface area (Å²) in [5.41, 5.74) is -0.129. The molecule has 212 valence electrons. The number of aromatic nitrogens is 4. The molecule has 5 atom stereocenters. The number of terminal acetylenes is 1. The number of imidazole rings is 1. The highest BCUT2D eigenvalue weighted by Crippen LogP contribution is 2.39. The van der Waals surface area contributed by atoms with Gasteiger partial charge in [0.25, 0.3) is 0 Å². The Bertz CT molecular complexity index is 1600. The third-order valence-electron chi connectivity index (χ3n) is 6.81. The van der Waals surface area contributed by atoms with Gasteiger partial charge in [-0.05, 0) is 28.8 Å². The van der Waals surface area contributed by atoms with E-state index < -0.39 is 42.7 Å². The summed E-state index contributed by atoms with van der Waals surface area (Å²) in [6.45, 7) is -0.0907. The number of benzene rings is 2. The molecule has 4 N–H and O–H groups in total. The van der Waals surface area contributed by atoms with Gasteiger partial charge < -0.3 is 30.1 Å². The zero-order chi connectivity index (χ0) is 29.1. The fourth-order valence-electron chi connectivity index (χ4n) is 4.59. The molecule has 0 bridgehead atoms. The highest BCUT2D eigenvalue weighted by atomic mass is 35.5. The lowest BCUT2D eigenvalue weighted by atomic mass is 9.93. The Hall–Kier alpha value is -3.76. The van der Waals surface area contributed by atoms with Crippen LogP contribution in [0.25, 0.3) is 11.2 Å². The standard InChI is InChI=1S/C28H25Cl2N5O6/c1-2-28(39)20(14-40-19(26(37)38)12-16-8-4-3-5-9-16)41-25(22(28)36)35-15-32-21-23(33-27(30)34-24(21)35)31-13-17-10-6-7-11-18(17)29/h1,3-11,15,19-20,22,25,36,39H,12-14H2,(H,37,38)(H,31,33,34)/t19?,20-,22+,25-,28-/m1/s1. The molecule has 1 aliphatic rings. The number of ether oxygens (including phenoxy) is 2. The highest BCUT2D eigenvalue weighted by molar-refractivity contribution is 6.31. The van der Waals surface area contributed by atoms with Crippen LogP contribution in [0.15, 0.2) is 60.9 Å². The summed E-state index contributed by atoms with van der Waals surface area (Å²) in [5.74, 6) is 1.30. The Labute approximate surface area is 244 Å². The van der Waals surface area contributed by atoms with Crippen LogP contribution in [0.5, 0.6) is 0 Å². The first-order chi connectivity index (χ1) is 19.7. The van der Waals surface area contributed by atoms with Crippen molar-refractivity contribution >= 4 is 46.2 Å². The molecular weight excluding hydrogens is 573 g/mol. The van der Waals surface area contributed by atoms with Gasteiger partial charge in [-0.1, -0.05) is 66.1 Å². The lowest BCUT2D eigenvalue weighted by molar-refractivity contribution is -0.156. The van der Waals surface area contributed by atoms with Crippen LogP contribution in [0.2, 0.25) is 10.3 Å². The van der Waals surface area contributed by atoms with Crippen LogP contribution in [0.1, 0.15) is 17.4 Å². The van der Waals surface area contributed by atoms with Crippen molar-refractivity contribution in [2.45, 2.75) is 43.1 Å². The van der Waals surface area contributed by atoms with E-state index in [0.29, 0.717) is 22.9 Å². The molecule has 1 fully saturated rings. The van der Waals surface area contributed by atoms with Gasteiger partial charge in [0.1, 0.15) is 12.2 Å². The van der Waals surface area contributed by atoms with Gasteiger partial charge in [-0.2, -0.15) is 9.97 Å². The molecule has 2 aromatic carbocycles. The van der Waals surface area contributed by atoms with Crippen LogP contribution in [0, 0.1) is 12.3 Å². The molecule has 2 aromatic heterocycles. The van der Waals surface area contributed by atoms with E-state index in [0.717, 1.165) is 11.1 Å². The molecule has 5 rings (SSSR count). The first kappa shape index (κ1) is 28.8. The van der Waals surface area contributed by atoms with Crippen LogP contribution in [0.4, 0.5) is 5.82 Å². The number of aliphatic hydroxyl groups excluding tert-OH is 1. The van der Waals surface area contributed by atoms with Crippen LogP contribution in [-0.4, -0.2) is 71.3 Å². The number of carboxylic acids is 1. The van der Waals surface area contributed by atoms with Crippen molar-refractivity contribution < 1.29 is 29.6 Å². The fourth-order valence-corrected chi connectivity index (χ4v) is 4.95. The van der Waals surface area contributed by atoms with Crippen LogP contribution < -0.4 is 5.32 Å². The molecular formula is C28H25Cl2N5O6. The van der Waals surface area contributed by atoms with E-state index in [9.17, 15) is 20.1 Å². The summed E-state index contributed by atoms with van der Waals surface area (Å²) in [6, 6.07) is 16.2. The molecule has 0 amide bonds. The number of carboxylic acid groups (broad SMARTS) is 1. The maximum Gasteiger partial charge on any atom is 0.333 e. The van der Waals surface area contributed by atoms with E-state index in [4.69, 9.17) is 39.1 Å². The Kier molecular flexibility index (Phi) is 8.42. The summed E-state index contributed by atoms with van der Waals surface area (Å²) < 4.78 is 13.0. The number of nitrogens with one attached hydrogen (secondary N) is 1. The van der Waals surface area contributed by atoms with Crippen LogP contribution >= 0.6 is 23.2 Å². The first-order valence-corrected chi connectivity index (χ1v) is 13.3. The maximum atomic E-state index is 11.9. The number of aliphatic hydroxyl groups is 2. The number of hydrogen-bond acceptors (Lipinski definition) is 9. The molecule has 13 heteroatoms. The van der Waals surface area contributed by atoms with Gasteiger partial charge >= 0.3 is 5.97 Å². The molecule has 41 heavy (non-hydrogen) atoms. The molecule has 0 saturated carbocycles. The summed E-state index contributed by atoms with van der Waals surface area (Å²) in [7, 11) is 0. The monoisotopic (exact) mass is 597 g/mol. The largest absolute Gasteiger partial charge is 0.479 e. The van der Waals surface area contributed by atoms with Gasteiger partial charge in [0, 0.05) is 18.0 Å². The second-order valence-electron chi connectivity index (χ2n) is 9.39. The maximum absolute atomic E-state index is 11.9. The molecule has 1 aliphatic heterocycles. The number of nitrogens with zero attached hydrogens (tertiary/aromatic N) is 4. The fraction of sp³-hybridized carbons (Fsp3) is 0.286. The Morgan fingerprint density at radius 3 is 2.63 bits per heavy atom. The average Bonchev–Trinajstić information content (AvgIpc) is 3.49. The zero-order valence-electron chi connectivity index (χ0n) is 21.4. The Balaban J connectivity index is 1.37. The Morgan fingerprint density at radius 1 is 1.20 bits per heavy atom. The van der Waals surface area contributed by atoms with Crippen molar-refractivity contribution in [3.8, 4) is 12.3 Å². The van der Waals surface area contributed by atoms with Crippen molar-refractivity contribution in [3.05, 3.63) is 82.4 Å². The highest BCUT2D eigenvalue weighted by Gasteiger charge is 2.56. The van der Waals surface area contributed by atoms with Crippen LogP contribution in [-0.2, 0) is 27.2 Å². The summed E-state index contributed by atoms with van der Waals surface area (Å²) in [6.07, 6.45) is 1.62. The van der Waals surface area contributed by atoms with E-state index >= 15 is 0 Å². The summed E-state index contributed by atoms with van der Waals surface area (Å²) >= 11 is 12.5. The SMILES string of the molecule is C#C[C@@]1(O)[C@@H](COC(Cc2ccccc2)C(=O)O)O[C@@H](n2cnc3c(NCc4ccccc4Cl)nc(Cl)nc32)[C@@H]1O. The number of rotatable bonds is 10. The van der Waals surface area contributed by atoms with E-state index in [-0.39, 0.29) is 17.4 Å². The molecule has 11 nitrogen and oxygen atoms in total. The number of halogens is 2. The van der Waals surface area contributed by atoms with Crippen molar-refractivity contribution in [1.82, 2.24) is 19.5 Å². The molecule has 0 aliphatic carbocycles. The average molecular weight is 598 g/mol. The quantitative estimate of drug-likeness (QED) is 0.158. The van der Waals surface area contributed by atoms with Gasteiger partial charge in [0.2, 0.25) is 5.28 Å². The molecule has 3 heterocycles. The smallest absolute Gasteiger partial charge is 0.333 e. The normalized spacial score (nSPS) is 22.9. The molecule has 0 radical (unpaired) electrons. The Morgan fingerprint density at radius 2 is 1.93 bits per heavy atom. The van der Waals surface area contributed by atoms with Crippen LogP contribution in [0.3, 0.4) is 0 Å². The van der Waals surface area contributed by atoms with Gasteiger partial charge in [0.05, 0.1) is 12.9 Å². The minimum absolute atomic E-state index is 0.0783. The third-order valence-corrected chi connectivity index (χ3v) is 7.35.